The molecule has 0 N–H and O–H groups in total. The Morgan fingerprint density at radius 1 is 0.833 bits per heavy atom. The van der Waals surface area contributed by atoms with E-state index in [4.69, 9.17) is 9.47 Å². The van der Waals surface area contributed by atoms with Crippen molar-refractivity contribution in [3.05, 3.63) is 59.7 Å². The minimum Gasteiger partial charge on any atom is -0.352 e. The monoisotopic (exact) mass is 242 g/mol. The molecule has 0 bridgehead atoms. The Bertz CT molecular complexity index is 499. The smallest absolute Gasteiger partial charge is 0.183 e. The summed E-state index contributed by atoms with van der Waals surface area (Å²) in [5.74, 6) is 0. The quantitative estimate of drug-likeness (QED) is 0.756. The van der Waals surface area contributed by atoms with Crippen molar-refractivity contribution >= 4 is 0 Å². The molecule has 0 aromatic heterocycles. The molecular formula is C16H18O2. The molecule has 0 fully saturated rings. The van der Waals surface area contributed by atoms with E-state index in [2.05, 4.69) is 43.3 Å². The van der Waals surface area contributed by atoms with Crippen molar-refractivity contribution in [3.8, 4) is 11.1 Å². The minimum absolute atomic E-state index is 0.295. The van der Waals surface area contributed by atoms with E-state index in [-0.39, 0.29) is 6.29 Å². The molecule has 0 aliphatic rings. The number of ether oxygens (including phenoxy) is 2. The highest BCUT2D eigenvalue weighted by molar-refractivity contribution is 5.64. The first-order chi connectivity index (χ1) is 8.74. The SMILES string of the molecule is COC(OC)c1ccc(-c2cccc(C)c2)cc1. The third-order valence-electron chi connectivity index (χ3n) is 2.96. The maximum Gasteiger partial charge on any atom is 0.183 e. The topological polar surface area (TPSA) is 18.5 Å². The fourth-order valence-corrected chi connectivity index (χ4v) is 2.03. The van der Waals surface area contributed by atoms with Gasteiger partial charge in [0.1, 0.15) is 0 Å². The highest BCUT2D eigenvalue weighted by Gasteiger charge is 2.08. The van der Waals surface area contributed by atoms with Gasteiger partial charge in [-0.3, -0.25) is 0 Å². The van der Waals surface area contributed by atoms with Gasteiger partial charge in [0.05, 0.1) is 0 Å². The molecule has 94 valence electrons. The van der Waals surface area contributed by atoms with Crippen molar-refractivity contribution in [1.29, 1.82) is 0 Å². The highest BCUT2D eigenvalue weighted by atomic mass is 16.7. The molecule has 2 heteroatoms. The summed E-state index contributed by atoms with van der Waals surface area (Å²) >= 11 is 0. The molecule has 0 radical (unpaired) electrons. The molecule has 0 spiro atoms. The molecule has 2 rings (SSSR count). The lowest BCUT2D eigenvalue weighted by atomic mass is 10.0. The van der Waals surface area contributed by atoms with Crippen LogP contribution in [-0.4, -0.2) is 14.2 Å². The molecule has 18 heavy (non-hydrogen) atoms. The Hall–Kier alpha value is -1.64. The van der Waals surface area contributed by atoms with Crippen molar-refractivity contribution in [2.75, 3.05) is 14.2 Å². The second-order valence-corrected chi connectivity index (χ2v) is 4.29. The summed E-state index contributed by atoms with van der Waals surface area (Å²) in [5, 5.41) is 0. The van der Waals surface area contributed by atoms with Crippen LogP contribution in [-0.2, 0) is 9.47 Å². The zero-order chi connectivity index (χ0) is 13.0. The zero-order valence-electron chi connectivity index (χ0n) is 11.0. The first-order valence-electron chi connectivity index (χ1n) is 5.97. The maximum absolute atomic E-state index is 5.23. The molecule has 0 heterocycles. The molecule has 0 atom stereocenters. The van der Waals surface area contributed by atoms with Crippen molar-refractivity contribution in [1.82, 2.24) is 0 Å². The second kappa shape index (κ2) is 5.80. The van der Waals surface area contributed by atoms with Gasteiger partial charge in [0.15, 0.2) is 6.29 Å². The predicted molar refractivity (Wildman–Crippen MR) is 73.4 cm³/mol. The van der Waals surface area contributed by atoms with Gasteiger partial charge in [0.25, 0.3) is 0 Å². The van der Waals surface area contributed by atoms with Crippen molar-refractivity contribution in [3.63, 3.8) is 0 Å². The van der Waals surface area contributed by atoms with Crippen LogP contribution in [0.2, 0.25) is 0 Å². The number of hydrogen-bond acceptors (Lipinski definition) is 2. The first-order valence-corrected chi connectivity index (χ1v) is 5.97. The van der Waals surface area contributed by atoms with Crippen LogP contribution in [0, 0.1) is 6.92 Å². The van der Waals surface area contributed by atoms with Crippen LogP contribution in [0.25, 0.3) is 11.1 Å². The third-order valence-corrected chi connectivity index (χ3v) is 2.96. The standard InChI is InChI=1S/C16H18O2/c1-12-5-4-6-15(11-12)13-7-9-14(10-8-13)16(17-2)18-3/h4-11,16H,1-3H3. The average Bonchev–Trinajstić information content (AvgIpc) is 2.41. The van der Waals surface area contributed by atoms with Crippen LogP contribution in [0.1, 0.15) is 17.4 Å². The molecule has 0 saturated carbocycles. The summed E-state index contributed by atoms with van der Waals surface area (Å²) in [6, 6.07) is 16.7. The predicted octanol–water partition coefficient (Wildman–Crippen LogP) is 3.95. The molecule has 0 aliphatic carbocycles. The lowest BCUT2D eigenvalue weighted by Crippen LogP contribution is -2.03. The molecule has 0 aliphatic heterocycles. The van der Waals surface area contributed by atoms with Gasteiger partial charge in [0.2, 0.25) is 0 Å². The van der Waals surface area contributed by atoms with Crippen LogP contribution >= 0.6 is 0 Å². The van der Waals surface area contributed by atoms with Crippen LogP contribution in [0.4, 0.5) is 0 Å². The normalized spacial score (nSPS) is 10.9. The van der Waals surface area contributed by atoms with Crippen LogP contribution in [0.3, 0.4) is 0 Å². The molecule has 0 amide bonds. The van der Waals surface area contributed by atoms with Gasteiger partial charge in [0, 0.05) is 19.8 Å². The first kappa shape index (κ1) is 12.8. The summed E-state index contributed by atoms with van der Waals surface area (Å²) < 4.78 is 10.5. The van der Waals surface area contributed by atoms with E-state index < -0.39 is 0 Å². The van der Waals surface area contributed by atoms with Crippen LogP contribution < -0.4 is 0 Å². The number of methoxy groups -OCH3 is 2. The Morgan fingerprint density at radius 2 is 1.50 bits per heavy atom. The Kier molecular flexibility index (Phi) is 4.13. The van der Waals surface area contributed by atoms with Gasteiger partial charge in [-0.2, -0.15) is 0 Å². The fourth-order valence-electron chi connectivity index (χ4n) is 2.03. The summed E-state index contributed by atoms with van der Waals surface area (Å²) in [7, 11) is 3.28. The van der Waals surface area contributed by atoms with Gasteiger partial charge >= 0.3 is 0 Å². The third kappa shape index (κ3) is 2.78. The summed E-state index contributed by atoms with van der Waals surface area (Å²) in [4.78, 5) is 0. The van der Waals surface area contributed by atoms with Crippen molar-refractivity contribution in [2.45, 2.75) is 13.2 Å². The van der Waals surface area contributed by atoms with E-state index in [1.807, 2.05) is 12.1 Å². The van der Waals surface area contributed by atoms with Crippen LogP contribution in [0.5, 0.6) is 0 Å². The van der Waals surface area contributed by atoms with Crippen molar-refractivity contribution in [2.24, 2.45) is 0 Å². The van der Waals surface area contributed by atoms with E-state index in [0.29, 0.717) is 0 Å². The van der Waals surface area contributed by atoms with Gasteiger partial charge < -0.3 is 9.47 Å². The summed E-state index contributed by atoms with van der Waals surface area (Å²) in [6.07, 6.45) is -0.295. The summed E-state index contributed by atoms with van der Waals surface area (Å²) in [5.41, 5.74) is 4.72. The Balaban J connectivity index is 2.27. The van der Waals surface area contributed by atoms with Crippen LogP contribution in [0.15, 0.2) is 48.5 Å². The van der Waals surface area contributed by atoms with E-state index in [9.17, 15) is 0 Å². The van der Waals surface area contributed by atoms with E-state index in [1.165, 1.54) is 16.7 Å². The lowest BCUT2D eigenvalue weighted by molar-refractivity contribution is -0.106. The number of rotatable bonds is 4. The van der Waals surface area contributed by atoms with Gasteiger partial charge in [-0.25, -0.2) is 0 Å². The van der Waals surface area contributed by atoms with Crippen molar-refractivity contribution < 1.29 is 9.47 Å². The van der Waals surface area contributed by atoms with E-state index in [1.54, 1.807) is 14.2 Å². The molecule has 0 saturated heterocycles. The molecular weight excluding hydrogens is 224 g/mol. The molecule has 2 aromatic carbocycles. The molecule has 2 nitrogen and oxygen atoms in total. The number of aryl methyl sites for hydroxylation is 1. The van der Waals surface area contributed by atoms with Gasteiger partial charge in [-0.05, 0) is 18.1 Å². The average molecular weight is 242 g/mol. The number of hydrogen-bond donors (Lipinski definition) is 0. The van der Waals surface area contributed by atoms with Gasteiger partial charge in [-0.1, -0.05) is 54.1 Å². The largest absolute Gasteiger partial charge is 0.352 e. The lowest BCUT2D eigenvalue weighted by Gasteiger charge is -2.14. The Labute approximate surface area is 108 Å². The number of benzene rings is 2. The molecule has 0 unspecified atom stereocenters. The highest BCUT2D eigenvalue weighted by Crippen LogP contribution is 2.24. The Morgan fingerprint density at radius 3 is 2.06 bits per heavy atom. The zero-order valence-corrected chi connectivity index (χ0v) is 11.0. The van der Waals surface area contributed by atoms with E-state index >= 15 is 0 Å². The molecule has 2 aromatic rings. The van der Waals surface area contributed by atoms with E-state index in [0.717, 1.165) is 5.56 Å². The minimum atomic E-state index is -0.295. The second-order valence-electron chi connectivity index (χ2n) is 4.29. The maximum atomic E-state index is 5.23. The fraction of sp³-hybridized carbons (Fsp3) is 0.250. The summed E-state index contributed by atoms with van der Waals surface area (Å²) in [6.45, 7) is 2.10. The van der Waals surface area contributed by atoms with Gasteiger partial charge in [-0.15, -0.1) is 0 Å².